The molecule has 1 fully saturated rings. The number of aromatic amines is 1. The first-order valence-corrected chi connectivity index (χ1v) is 11.9. The van der Waals surface area contributed by atoms with E-state index in [1.165, 1.54) is 0 Å². The van der Waals surface area contributed by atoms with Crippen LogP contribution in [0.4, 0.5) is 0 Å². The maximum atomic E-state index is 13.2. The molecule has 10 heteroatoms. The molecule has 1 aromatic carbocycles. The van der Waals surface area contributed by atoms with Crippen molar-refractivity contribution in [2.24, 2.45) is 5.92 Å². The van der Waals surface area contributed by atoms with E-state index in [2.05, 4.69) is 10.2 Å². The number of halogens is 2. The molecule has 1 N–H and O–H groups in total. The number of hydrogen-bond donors (Lipinski definition) is 1. The molecule has 1 saturated heterocycles. The lowest BCUT2D eigenvalue weighted by molar-refractivity contribution is -0.135. The number of aromatic nitrogens is 3. The van der Waals surface area contributed by atoms with Crippen molar-refractivity contribution in [1.29, 1.82) is 0 Å². The monoisotopic (exact) mass is 494 g/mol. The number of carbonyl (C=O) groups is 2. The Labute approximate surface area is 198 Å². The number of ketones is 1. The van der Waals surface area contributed by atoms with Gasteiger partial charge in [-0.05, 0) is 61.6 Å². The highest BCUT2D eigenvalue weighted by Crippen LogP contribution is 2.29. The number of Topliss-reactive ketones (excluding diaryl/α,β-unsaturated/α-hetero) is 1. The molecule has 162 valence electrons. The normalized spacial score (nSPS) is 15.8. The summed E-state index contributed by atoms with van der Waals surface area (Å²) < 4.78 is 2.17. The molecule has 31 heavy (non-hydrogen) atoms. The van der Waals surface area contributed by atoms with Crippen LogP contribution in [0.1, 0.15) is 36.2 Å². The van der Waals surface area contributed by atoms with Crippen molar-refractivity contribution in [3.05, 3.63) is 56.1 Å². The number of piperidine rings is 1. The van der Waals surface area contributed by atoms with Crippen LogP contribution in [-0.2, 0) is 4.79 Å². The number of thiophene rings is 1. The Morgan fingerprint density at radius 1 is 1.23 bits per heavy atom. The van der Waals surface area contributed by atoms with E-state index in [1.54, 1.807) is 39.0 Å². The number of nitrogens with zero attached hydrogens (tertiary/aromatic N) is 3. The maximum Gasteiger partial charge on any atom is 0.245 e. The van der Waals surface area contributed by atoms with E-state index < -0.39 is 6.04 Å². The number of amides is 1. The van der Waals surface area contributed by atoms with Crippen LogP contribution >= 0.6 is 46.8 Å². The van der Waals surface area contributed by atoms with Gasteiger partial charge in [-0.3, -0.25) is 19.3 Å². The molecular formula is C21H20Cl2N4O2S2. The van der Waals surface area contributed by atoms with Crippen molar-refractivity contribution in [2.75, 3.05) is 13.1 Å². The molecule has 3 aromatic rings. The van der Waals surface area contributed by atoms with Gasteiger partial charge in [0.05, 0.1) is 14.9 Å². The quantitative estimate of drug-likeness (QED) is 0.366. The Bertz CT molecular complexity index is 1160. The summed E-state index contributed by atoms with van der Waals surface area (Å²) in [5.41, 5.74) is 0.554. The van der Waals surface area contributed by atoms with E-state index in [0.717, 1.165) is 4.88 Å². The first-order chi connectivity index (χ1) is 14.9. The maximum absolute atomic E-state index is 13.2. The molecule has 1 amide bonds. The summed E-state index contributed by atoms with van der Waals surface area (Å²) in [4.78, 5) is 28.8. The second-order valence-corrected chi connectivity index (χ2v) is 9.62. The van der Waals surface area contributed by atoms with Crippen LogP contribution in [0.3, 0.4) is 0 Å². The van der Waals surface area contributed by atoms with Gasteiger partial charge in [-0.1, -0.05) is 29.3 Å². The van der Waals surface area contributed by atoms with Crippen LogP contribution in [-0.4, -0.2) is 44.4 Å². The Kier molecular flexibility index (Phi) is 6.62. The van der Waals surface area contributed by atoms with Gasteiger partial charge in [-0.15, -0.1) is 11.3 Å². The zero-order valence-electron chi connectivity index (χ0n) is 16.7. The first-order valence-electron chi connectivity index (χ1n) is 9.85. The number of likely N-dealkylation sites (tertiary alicyclic amines) is 1. The van der Waals surface area contributed by atoms with Crippen LogP contribution in [0.5, 0.6) is 0 Å². The van der Waals surface area contributed by atoms with Crippen molar-refractivity contribution in [3.8, 4) is 10.7 Å². The van der Waals surface area contributed by atoms with Crippen molar-refractivity contribution in [3.63, 3.8) is 0 Å². The van der Waals surface area contributed by atoms with Gasteiger partial charge >= 0.3 is 0 Å². The SMILES string of the molecule is CC(C(=O)N1CCC(C(=O)c2ccc(Cl)c(Cl)c2)CC1)n1c(-c2cccs2)n[nH]c1=S. The third-order valence-corrected chi connectivity index (χ3v) is 7.47. The fourth-order valence-electron chi connectivity index (χ4n) is 3.87. The van der Waals surface area contributed by atoms with E-state index >= 15 is 0 Å². The lowest BCUT2D eigenvalue weighted by Crippen LogP contribution is -2.43. The minimum absolute atomic E-state index is 0.0317. The molecule has 0 radical (unpaired) electrons. The molecule has 4 rings (SSSR count). The molecule has 1 aliphatic heterocycles. The molecule has 0 spiro atoms. The van der Waals surface area contributed by atoms with Gasteiger partial charge in [0.2, 0.25) is 5.91 Å². The van der Waals surface area contributed by atoms with E-state index in [1.807, 2.05) is 24.4 Å². The third kappa shape index (κ3) is 4.48. The summed E-state index contributed by atoms with van der Waals surface area (Å²) in [6.07, 6.45) is 1.21. The average Bonchev–Trinajstić information content (AvgIpc) is 3.44. The van der Waals surface area contributed by atoms with Gasteiger partial charge in [0, 0.05) is 24.6 Å². The molecule has 3 heterocycles. The molecule has 0 bridgehead atoms. The predicted octanol–water partition coefficient (Wildman–Crippen LogP) is 5.66. The minimum atomic E-state index is -0.495. The number of carbonyl (C=O) groups excluding carboxylic acids is 2. The Morgan fingerprint density at radius 2 is 1.97 bits per heavy atom. The summed E-state index contributed by atoms with van der Waals surface area (Å²) in [6, 6.07) is 8.33. The molecule has 0 saturated carbocycles. The predicted molar refractivity (Wildman–Crippen MR) is 126 cm³/mol. The topological polar surface area (TPSA) is 71.0 Å². The van der Waals surface area contributed by atoms with Crippen molar-refractivity contribution in [2.45, 2.75) is 25.8 Å². The standard InChI is InChI=1S/C21H20Cl2N4O2S2/c1-12(27-19(24-25-21(27)30)17-3-2-10-31-17)20(29)26-8-6-13(7-9-26)18(28)14-4-5-15(22)16(23)11-14/h2-5,10-13H,6-9H2,1H3,(H,25,30). The Hall–Kier alpha value is -2.00. The van der Waals surface area contributed by atoms with E-state index in [4.69, 9.17) is 35.4 Å². The van der Waals surface area contributed by atoms with Crippen LogP contribution in [0, 0.1) is 10.7 Å². The summed E-state index contributed by atoms with van der Waals surface area (Å²) in [5.74, 6) is 0.520. The number of H-pyrrole nitrogens is 1. The molecular weight excluding hydrogens is 475 g/mol. The second kappa shape index (κ2) is 9.24. The Balaban J connectivity index is 1.44. The van der Waals surface area contributed by atoms with Crippen molar-refractivity contribution in [1.82, 2.24) is 19.7 Å². The van der Waals surface area contributed by atoms with Crippen LogP contribution in [0.15, 0.2) is 35.7 Å². The van der Waals surface area contributed by atoms with Gasteiger partial charge in [-0.2, -0.15) is 5.10 Å². The van der Waals surface area contributed by atoms with Gasteiger partial charge in [0.1, 0.15) is 6.04 Å². The number of hydrogen-bond acceptors (Lipinski definition) is 5. The zero-order valence-corrected chi connectivity index (χ0v) is 19.8. The fraction of sp³-hybridized carbons (Fsp3) is 0.333. The van der Waals surface area contributed by atoms with Gasteiger partial charge in [0.25, 0.3) is 0 Å². The molecule has 0 aliphatic carbocycles. The average molecular weight is 495 g/mol. The molecule has 1 aliphatic rings. The fourth-order valence-corrected chi connectivity index (χ4v) is 5.16. The molecule has 2 aromatic heterocycles. The summed E-state index contributed by atoms with van der Waals surface area (Å²) in [7, 11) is 0. The third-order valence-electron chi connectivity index (χ3n) is 5.57. The lowest BCUT2D eigenvalue weighted by atomic mass is 9.88. The highest BCUT2D eigenvalue weighted by Gasteiger charge is 2.31. The zero-order chi connectivity index (χ0) is 22.1. The van der Waals surface area contributed by atoms with Crippen LogP contribution in [0.25, 0.3) is 10.7 Å². The van der Waals surface area contributed by atoms with E-state index in [9.17, 15) is 9.59 Å². The minimum Gasteiger partial charge on any atom is -0.341 e. The molecule has 6 nitrogen and oxygen atoms in total. The van der Waals surface area contributed by atoms with Gasteiger partial charge in [0.15, 0.2) is 16.4 Å². The first kappa shape index (κ1) is 22.2. The second-order valence-electron chi connectivity index (χ2n) is 7.47. The number of rotatable bonds is 5. The summed E-state index contributed by atoms with van der Waals surface area (Å²) in [5, 5.41) is 9.86. The molecule has 1 atom stereocenters. The summed E-state index contributed by atoms with van der Waals surface area (Å²) in [6.45, 7) is 2.86. The van der Waals surface area contributed by atoms with Crippen molar-refractivity contribution < 1.29 is 9.59 Å². The smallest absolute Gasteiger partial charge is 0.245 e. The summed E-state index contributed by atoms with van der Waals surface area (Å²) >= 11 is 18.9. The van der Waals surface area contributed by atoms with Gasteiger partial charge in [-0.25, -0.2) is 0 Å². The van der Waals surface area contributed by atoms with Crippen LogP contribution < -0.4 is 0 Å². The highest BCUT2D eigenvalue weighted by atomic mass is 35.5. The van der Waals surface area contributed by atoms with Gasteiger partial charge < -0.3 is 4.90 Å². The molecule has 1 unspecified atom stereocenters. The van der Waals surface area contributed by atoms with Crippen molar-refractivity contribution >= 4 is 58.4 Å². The number of benzene rings is 1. The Morgan fingerprint density at radius 3 is 2.61 bits per heavy atom. The van der Waals surface area contributed by atoms with E-state index in [0.29, 0.717) is 52.1 Å². The lowest BCUT2D eigenvalue weighted by Gasteiger charge is -2.33. The van der Waals surface area contributed by atoms with E-state index in [-0.39, 0.29) is 17.6 Å². The van der Waals surface area contributed by atoms with Crippen LogP contribution in [0.2, 0.25) is 10.0 Å². The largest absolute Gasteiger partial charge is 0.341 e. The number of nitrogens with one attached hydrogen (secondary N) is 1. The highest BCUT2D eigenvalue weighted by molar-refractivity contribution is 7.71.